The Morgan fingerprint density at radius 1 is 1.09 bits per heavy atom. The second-order valence-electron chi connectivity index (χ2n) is 9.13. The number of allylic oxidation sites excluding steroid dienone is 6. The molecule has 0 saturated carbocycles. The van der Waals surface area contributed by atoms with Gasteiger partial charge in [-0.2, -0.15) is 0 Å². The molecule has 0 aliphatic rings. The summed E-state index contributed by atoms with van der Waals surface area (Å²) in [5.74, 6) is -0.133. The van der Waals surface area contributed by atoms with E-state index in [1.807, 2.05) is 13.8 Å². The van der Waals surface area contributed by atoms with Gasteiger partial charge in [0.25, 0.3) is 0 Å². The molecule has 0 unspecified atom stereocenters. The van der Waals surface area contributed by atoms with Gasteiger partial charge in [0.15, 0.2) is 0 Å². The number of halogens is 2. The van der Waals surface area contributed by atoms with Crippen LogP contribution in [0.2, 0.25) is 0 Å². The predicted octanol–water partition coefficient (Wildman–Crippen LogP) is 8.61. The molecule has 1 aromatic rings. The maximum atomic E-state index is 14.2. The van der Waals surface area contributed by atoms with Crippen LogP contribution in [0, 0.1) is 17.7 Å². The third-order valence-corrected chi connectivity index (χ3v) is 3.83. The summed E-state index contributed by atoms with van der Waals surface area (Å²) < 4.78 is 27.9. The number of hydrogen-bond donors (Lipinski definition) is 2. The molecule has 2 nitrogen and oxygen atoms in total. The van der Waals surface area contributed by atoms with Crippen molar-refractivity contribution in [3.8, 4) is 5.75 Å². The average molecular weight is 450 g/mol. The van der Waals surface area contributed by atoms with Gasteiger partial charge in [0.05, 0.1) is 5.56 Å². The van der Waals surface area contributed by atoms with E-state index in [0.29, 0.717) is 11.1 Å². The quantitative estimate of drug-likeness (QED) is 0.307. The van der Waals surface area contributed by atoms with Crippen molar-refractivity contribution in [1.82, 2.24) is 5.32 Å². The van der Waals surface area contributed by atoms with Gasteiger partial charge in [-0.25, -0.2) is 8.78 Å². The third kappa shape index (κ3) is 14.7. The molecule has 0 spiro atoms. The molecule has 0 aliphatic carbocycles. The first-order valence-electron chi connectivity index (χ1n) is 11.3. The van der Waals surface area contributed by atoms with E-state index in [1.165, 1.54) is 24.6 Å². The molecule has 0 aliphatic heterocycles. The van der Waals surface area contributed by atoms with Crippen molar-refractivity contribution >= 4 is 5.57 Å². The van der Waals surface area contributed by atoms with Crippen molar-refractivity contribution in [2.24, 2.45) is 11.8 Å². The highest BCUT2D eigenvalue weighted by atomic mass is 19.1. The molecule has 0 atom stereocenters. The molecule has 0 radical (unpaired) electrons. The average Bonchev–Trinajstić information content (AvgIpc) is 2.65. The molecule has 2 N–H and O–H groups in total. The Balaban J connectivity index is 0. The van der Waals surface area contributed by atoms with Crippen LogP contribution in [0.25, 0.3) is 5.57 Å². The first-order chi connectivity index (χ1) is 14.8. The minimum atomic E-state index is -0.715. The third-order valence-electron chi connectivity index (χ3n) is 3.83. The van der Waals surface area contributed by atoms with Gasteiger partial charge in [-0.15, -0.1) is 0 Å². The van der Waals surface area contributed by atoms with Crippen LogP contribution in [0.3, 0.4) is 0 Å². The molecule has 0 saturated heterocycles. The summed E-state index contributed by atoms with van der Waals surface area (Å²) >= 11 is 0. The van der Waals surface area contributed by atoms with Gasteiger partial charge in [-0.05, 0) is 75.9 Å². The standard InChI is InChI=1S/C17H18F2O.C7H17N.C4H10/c1-10(2)13(11(3)4)9-15(19)12(5)17-14(18)7-6-8-16(17)20;1-4-5-8-6-7(2)3;1-4(2)3/h6-9,20H,1,5H2,2-4H3;7-8H,4-6H2,1-3H3;4H,1-3H3/b15-9+;;. The highest BCUT2D eigenvalue weighted by Crippen LogP contribution is 2.33. The monoisotopic (exact) mass is 449 g/mol. The molecule has 1 aromatic carbocycles. The predicted molar refractivity (Wildman–Crippen MR) is 138 cm³/mol. The molecule has 32 heavy (non-hydrogen) atoms. The number of phenolic OH excluding ortho intramolecular Hbond substituents is 1. The smallest absolute Gasteiger partial charge is 0.134 e. The van der Waals surface area contributed by atoms with Crippen LogP contribution in [-0.4, -0.2) is 18.2 Å². The van der Waals surface area contributed by atoms with Crippen molar-refractivity contribution in [3.63, 3.8) is 0 Å². The van der Waals surface area contributed by atoms with Gasteiger partial charge in [0.1, 0.15) is 17.4 Å². The van der Waals surface area contributed by atoms with E-state index in [0.717, 1.165) is 36.6 Å². The summed E-state index contributed by atoms with van der Waals surface area (Å²) in [6.45, 7) is 28.2. The summed E-state index contributed by atoms with van der Waals surface area (Å²) in [6.07, 6.45) is 2.50. The van der Waals surface area contributed by atoms with E-state index < -0.39 is 11.6 Å². The molecule has 182 valence electrons. The van der Waals surface area contributed by atoms with Crippen LogP contribution < -0.4 is 5.32 Å². The summed E-state index contributed by atoms with van der Waals surface area (Å²) in [7, 11) is 0. The highest BCUT2D eigenvalue weighted by molar-refractivity contribution is 5.79. The Kier molecular flexibility index (Phi) is 17.4. The Morgan fingerprint density at radius 2 is 1.62 bits per heavy atom. The first kappa shape index (κ1) is 32.0. The zero-order valence-corrected chi connectivity index (χ0v) is 21.7. The molecule has 0 bridgehead atoms. The van der Waals surface area contributed by atoms with Crippen LogP contribution >= 0.6 is 0 Å². The van der Waals surface area contributed by atoms with E-state index in [9.17, 15) is 13.9 Å². The maximum Gasteiger partial charge on any atom is 0.134 e. The van der Waals surface area contributed by atoms with Gasteiger partial charge < -0.3 is 10.4 Å². The van der Waals surface area contributed by atoms with Crippen LogP contribution in [0.15, 0.2) is 60.0 Å². The molecule has 0 amide bonds. The van der Waals surface area contributed by atoms with Crippen LogP contribution in [0.4, 0.5) is 8.78 Å². The van der Waals surface area contributed by atoms with Crippen molar-refractivity contribution in [1.29, 1.82) is 0 Å². The highest BCUT2D eigenvalue weighted by Gasteiger charge is 2.15. The van der Waals surface area contributed by atoms with E-state index in [2.05, 4.69) is 60.0 Å². The fourth-order valence-electron chi connectivity index (χ4n) is 2.41. The summed E-state index contributed by atoms with van der Waals surface area (Å²) in [6, 6.07) is 3.78. The van der Waals surface area contributed by atoms with Gasteiger partial charge >= 0.3 is 0 Å². The molecular formula is C28H45F2NO. The van der Waals surface area contributed by atoms with Gasteiger partial charge in [0.2, 0.25) is 0 Å². The zero-order chi connectivity index (χ0) is 25.4. The van der Waals surface area contributed by atoms with Crippen molar-refractivity contribution in [2.75, 3.05) is 13.1 Å². The Bertz CT molecular complexity index is 747. The Hall–Kier alpha value is -2.20. The number of benzene rings is 1. The molecule has 0 aromatic heterocycles. The van der Waals surface area contributed by atoms with E-state index in [4.69, 9.17) is 0 Å². The lowest BCUT2D eigenvalue weighted by Gasteiger charge is -2.09. The number of aromatic hydroxyl groups is 1. The minimum absolute atomic E-state index is 0.194. The van der Waals surface area contributed by atoms with Crippen molar-refractivity contribution < 1.29 is 13.9 Å². The first-order valence-corrected chi connectivity index (χ1v) is 11.3. The lowest BCUT2D eigenvalue weighted by Crippen LogP contribution is -2.19. The van der Waals surface area contributed by atoms with Crippen molar-refractivity contribution in [2.45, 2.75) is 68.7 Å². The van der Waals surface area contributed by atoms with Gasteiger partial charge in [-0.3, -0.25) is 0 Å². The topological polar surface area (TPSA) is 32.3 Å². The number of hydrogen-bond acceptors (Lipinski definition) is 2. The Labute approximate surface area is 195 Å². The van der Waals surface area contributed by atoms with Crippen molar-refractivity contribution in [3.05, 3.63) is 71.4 Å². The lowest BCUT2D eigenvalue weighted by molar-refractivity contribution is 0.466. The SMILES string of the molecule is C=C(C)C(/C=C(/F)C(=C)c1c(O)cccc1F)=C(C)C.CC(C)C.CCCNCC(C)C. The largest absolute Gasteiger partial charge is 0.507 e. The van der Waals surface area contributed by atoms with E-state index >= 15 is 0 Å². The maximum absolute atomic E-state index is 14.2. The molecule has 4 heteroatoms. The second kappa shape index (κ2) is 17.4. The van der Waals surface area contributed by atoms with Gasteiger partial charge in [-0.1, -0.05) is 71.9 Å². The lowest BCUT2D eigenvalue weighted by atomic mass is 9.99. The summed E-state index contributed by atoms with van der Waals surface area (Å²) in [4.78, 5) is 0. The Morgan fingerprint density at radius 3 is 2.00 bits per heavy atom. The molecule has 1 rings (SSSR count). The second-order valence-corrected chi connectivity index (χ2v) is 9.13. The fraction of sp³-hybridized carbons (Fsp3) is 0.500. The molecule has 0 heterocycles. The van der Waals surface area contributed by atoms with Crippen LogP contribution in [-0.2, 0) is 0 Å². The number of rotatable bonds is 8. The number of nitrogens with one attached hydrogen (secondary N) is 1. The minimum Gasteiger partial charge on any atom is -0.507 e. The van der Waals surface area contributed by atoms with Crippen LogP contribution in [0.5, 0.6) is 5.75 Å². The van der Waals surface area contributed by atoms with E-state index in [-0.39, 0.29) is 16.9 Å². The van der Waals surface area contributed by atoms with Crippen LogP contribution in [0.1, 0.15) is 74.3 Å². The zero-order valence-electron chi connectivity index (χ0n) is 21.7. The summed E-state index contributed by atoms with van der Waals surface area (Å²) in [5, 5.41) is 13.0. The molecular weight excluding hydrogens is 404 g/mol. The normalized spacial score (nSPS) is 10.7. The van der Waals surface area contributed by atoms with Gasteiger partial charge in [0, 0.05) is 5.57 Å². The van der Waals surface area contributed by atoms with E-state index in [1.54, 1.807) is 6.92 Å². The molecule has 0 fully saturated rings. The summed E-state index contributed by atoms with van der Waals surface area (Å²) in [5.41, 5.74) is 1.81. The fourth-order valence-corrected chi connectivity index (χ4v) is 2.41. The number of phenols is 1.